The smallest absolute Gasteiger partial charge is 0.224 e. The van der Waals surface area contributed by atoms with Crippen molar-refractivity contribution in [3.05, 3.63) is 53.3 Å². The zero-order chi connectivity index (χ0) is 22.2. The van der Waals surface area contributed by atoms with Crippen LogP contribution >= 0.6 is 0 Å². The summed E-state index contributed by atoms with van der Waals surface area (Å²) in [5.74, 6) is 0.336. The Labute approximate surface area is 182 Å². The van der Waals surface area contributed by atoms with Crippen LogP contribution in [0.2, 0.25) is 0 Å². The van der Waals surface area contributed by atoms with E-state index in [1.54, 1.807) is 7.11 Å². The van der Waals surface area contributed by atoms with Crippen molar-refractivity contribution in [3.63, 3.8) is 0 Å². The van der Waals surface area contributed by atoms with Crippen LogP contribution in [0, 0.1) is 5.82 Å². The maximum atomic E-state index is 13.0. The van der Waals surface area contributed by atoms with Gasteiger partial charge in [-0.2, -0.15) is 0 Å². The quantitative estimate of drug-likeness (QED) is 0.384. The molecule has 0 bridgehead atoms. The van der Waals surface area contributed by atoms with Gasteiger partial charge in [-0.3, -0.25) is 9.59 Å². The first kappa shape index (κ1) is 22.6. The summed E-state index contributed by atoms with van der Waals surface area (Å²) >= 11 is 0. The maximum absolute atomic E-state index is 13.0. The van der Waals surface area contributed by atoms with Crippen LogP contribution in [0.5, 0.6) is 5.75 Å². The zero-order valence-electron chi connectivity index (χ0n) is 17.9. The van der Waals surface area contributed by atoms with Gasteiger partial charge in [0.1, 0.15) is 11.6 Å². The first-order valence-corrected chi connectivity index (χ1v) is 10.8. The summed E-state index contributed by atoms with van der Waals surface area (Å²) in [6.07, 6.45) is 5.99. The van der Waals surface area contributed by atoms with Crippen molar-refractivity contribution in [2.45, 2.75) is 57.4 Å². The predicted octanol–water partition coefficient (Wildman–Crippen LogP) is 4.50. The van der Waals surface area contributed by atoms with E-state index in [4.69, 9.17) is 10.5 Å². The van der Waals surface area contributed by atoms with E-state index in [0.717, 1.165) is 44.3 Å². The van der Waals surface area contributed by atoms with E-state index in [9.17, 15) is 14.0 Å². The highest BCUT2D eigenvalue weighted by molar-refractivity contribution is 5.93. The molecule has 7 heteroatoms. The van der Waals surface area contributed by atoms with Crippen molar-refractivity contribution in [2.75, 3.05) is 18.2 Å². The zero-order valence-corrected chi connectivity index (χ0v) is 17.9. The Morgan fingerprint density at radius 2 is 1.81 bits per heavy atom. The number of carbonyl (C=O) groups is 2. The van der Waals surface area contributed by atoms with Crippen LogP contribution in [0.4, 0.5) is 15.8 Å². The lowest BCUT2D eigenvalue weighted by atomic mass is 10.1. The molecule has 4 N–H and O–H groups in total. The highest BCUT2D eigenvalue weighted by Gasteiger charge is 2.24. The second-order valence-corrected chi connectivity index (χ2v) is 7.92. The summed E-state index contributed by atoms with van der Waals surface area (Å²) in [5, 5.41) is 5.84. The number of hydrogen-bond acceptors (Lipinski definition) is 4. The third-order valence-electron chi connectivity index (χ3n) is 5.61. The van der Waals surface area contributed by atoms with E-state index in [-0.39, 0.29) is 23.5 Å². The lowest BCUT2D eigenvalue weighted by Crippen LogP contribution is -2.26. The number of carbonyl (C=O) groups excluding carboxylic acids is 2. The number of nitrogens with one attached hydrogen (secondary N) is 2. The average Bonchev–Trinajstić information content (AvgIpc) is 3.14. The molecule has 0 aliphatic heterocycles. The largest absolute Gasteiger partial charge is 0.497 e. The van der Waals surface area contributed by atoms with Crippen LogP contribution in [0.15, 0.2) is 36.4 Å². The number of nitrogen functional groups attached to an aromatic ring is 1. The van der Waals surface area contributed by atoms with Crippen molar-refractivity contribution >= 4 is 23.2 Å². The standard InChI is InChI=1S/C24H30FN3O3/c1-31-18-10-11-19-16(14-18)8-12-21(19)27-23(29)6-4-2-3-5-7-24(30)28-22-13-9-17(25)15-20(22)26/h9-11,13-15,21H,2-8,12,26H2,1H3,(H,27,29)(H,28,30). The lowest BCUT2D eigenvalue weighted by molar-refractivity contribution is -0.122. The fourth-order valence-electron chi connectivity index (χ4n) is 3.92. The second-order valence-electron chi connectivity index (χ2n) is 7.92. The number of rotatable bonds is 10. The number of amides is 2. The lowest BCUT2D eigenvalue weighted by Gasteiger charge is -2.14. The molecule has 166 valence electrons. The summed E-state index contributed by atoms with van der Waals surface area (Å²) in [6.45, 7) is 0. The van der Waals surface area contributed by atoms with Crippen molar-refractivity contribution in [2.24, 2.45) is 0 Å². The first-order chi connectivity index (χ1) is 15.0. The highest BCUT2D eigenvalue weighted by atomic mass is 19.1. The van der Waals surface area contributed by atoms with Crippen LogP contribution < -0.4 is 21.1 Å². The van der Waals surface area contributed by atoms with Gasteiger partial charge < -0.3 is 21.1 Å². The highest BCUT2D eigenvalue weighted by Crippen LogP contribution is 2.33. The number of benzene rings is 2. The fourth-order valence-corrected chi connectivity index (χ4v) is 3.92. The number of nitrogens with two attached hydrogens (primary N) is 1. The number of methoxy groups -OCH3 is 1. The molecule has 3 rings (SSSR count). The average molecular weight is 428 g/mol. The SMILES string of the molecule is COc1ccc2c(c1)CCC2NC(=O)CCCCCCC(=O)Nc1ccc(F)cc1N. The topological polar surface area (TPSA) is 93.4 Å². The van der Waals surface area contributed by atoms with Gasteiger partial charge >= 0.3 is 0 Å². The molecular formula is C24H30FN3O3. The number of ether oxygens (including phenoxy) is 1. The van der Waals surface area contributed by atoms with Crippen molar-refractivity contribution < 1.29 is 18.7 Å². The number of halogens is 1. The summed E-state index contributed by atoms with van der Waals surface area (Å²) in [6, 6.07) is 10.00. The summed E-state index contributed by atoms with van der Waals surface area (Å²) < 4.78 is 18.3. The van der Waals surface area contributed by atoms with Gasteiger partial charge in [-0.25, -0.2) is 4.39 Å². The monoisotopic (exact) mass is 427 g/mol. The molecule has 31 heavy (non-hydrogen) atoms. The summed E-state index contributed by atoms with van der Waals surface area (Å²) in [7, 11) is 1.66. The van der Waals surface area contributed by atoms with Crippen LogP contribution in [0.3, 0.4) is 0 Å². The Hall–Kier alpha value is -3.09. The molecule has 2 aromatic rings. The Kier molecular flexibility index (Phi) is 7.87. The molecule has 0 radical (unpaired) electrons. The van der Waals surface area contributed by atoms with E-state index < -0.39 is 5.82 Å². The van der Waals surface area contributed by atoms with E-state index in [0.29, 0.717) is 18.5 Å². The van der Waals surface area contributed by atoms with Gasteiger partial charge in [0, 0.05) is 12.8 Å². The van der Waals surface area contributed by atoms with Gasteiger partial charge in [0.25, 0.3) is 0 Å². The van der Waals surface area contributed by atoms with E-state index in [1.165, 1.54) is 29.3 Å². The van der Waals surface area contributed by atoms with Crippen molar-refractivity contribution in [1.82, 2.24) is 5.32 Å². The molecule has 1 unspecified atom stereocenters. The number of fused-ring (bicyclic) bond motifs is 1. The Bertz CT molecular complexity index is 932. The molecule has 0 saturated heterocycles. The van der Waals surface area contributed by atoms with Gasteiger partial charge in [-0.1, -0.05) is 18.9 Å². The molecule has 2 amide bonds. The number of anilines is 2. The molecule has 1 aliphatic carbocycles. The molecule has 0 saturated carbocycles. The first-order valence-electron chi connectivity index (χ1n) is 10.8. The third-order valence-corrected chi connectivity index (χ3v) is 5.61. The van der Waals surface area contributed by atoms with Crippen LogP contribution in [-0.4, -0.2) is 18.9 Å². The van der Waals surface area contributed by atoms with Crippen LogP contribution in [0.1, 0.15) is 62.1 Å². The Morgan fingerprint density at radius 1 is 1.06 bits per heavy atom. The summed E-state index contributed by atoms with van der Waals surface area (Å²) in [4.78, 5) is 24.3. The minimum absolute atomic E-state index is 0.0678. The molecule has 0 aromatic heterocycles. The molecule has 2 aromatic carbocycles. The third kappa shape index (κ3) is 6.44. The minimum Gasteiger partial charge on any atom is -0.497 e. The van der Waals surface area contributed by atoms with Crippen molar-refractivity contribution in [3.8, 4) is 5.75 Å². The second kappa shape index (κ2) is 10.8. The summed E-state index contributed by atoms with van der Waals surface area (Å²) in [5.41, 5.74) is 8.75. The van der Waals surface area contributed by atoms with Gasteiger partial charge in [0.15, 0.2) is 0 Å². The number of hydrogen-bond donors (Lipinski definition) is 3. The van der Waals surface area contributed by atoms with Crippen LogP contribution in [-0.2, 0) is 16.0 Å². The van der Waals surface area contributed by atoms with Gasteiger partial charge in [-0.15, -0.1) is 0 Å². The molecule has 1 atom stereocenters. The van der Waals surface area contributed by atoms with E-state index in [2.05, 4.69) is 10.6 Å². The van der Waals surface area contributed by atoms with Crippen LogP contribution in [0.25, 0.3) is 0 Å². The molecule has 6 nitrogen and oxygen atoms in total. The van der Waals surface area contributed by atoms with E-state index >= 15 is 0 Å². The molecule has 0 heterocycles. The van der Waals surface area contributed by atoms with Gasteiger partial charge in [0.2, 0.25) is 11.8 Å². The molecular weight excluding hydrogens is 397 g/mol. The Morgan fingerprint density at radius 3 is 2.52 bits per heavy atom. The minimum atomic E-state index is -0.433. The number of unbranched alkanes of at least 4 members (excludes halogenated alkanes) is 3. The van der Waals surface area contributed by atoms with E-state index in [1.807, 2.05) is 18.2 Å². The van der Waals surface area contributed by atoms with Crippen molar-refractivity contribution in [1.29, 1.82) is 0 Å². The molecule has 0 spiro atoms. The Balaban J connectivity index is 1.29. The molecule has 1 aliphatic rings. The maximum Gasteiger partial charge on any atom is 0.224 e. The molecule has 0 fully saturated rings. The number of aryl methyl sites for hydroxylation is 1. The normalized spacial score (nSPS) is 14.7. The van der Waals surface area contributed by atoms with Gasteiger partial charge in [-0.05, 0) is 67.1 Å². The van der Waals surface area contributed by atoms with Gasteiger partial charge in [0.05, 0.1) is 24.5 Å². The predicted molar refractivity (Wildman–Crippen MR) is 119 cm³/mol. The fraction of sp³-hybridized carbons (Fsp3) is 0.417.